The fourth-order valence-electron chi connectivity index (χ4n) is 4.12. The lowest BCUT2D eigenvalue weighted by Gasteiger charge is -2.36. The van der Waals surface area contributed by atoms with Crippen molar-refractivity contribution in [1.82, 2.24) is 10.5 Å². The summed E-state index contributed by atoms with van der Waals surface area (Å²) in [4.78, 5) is 2.50. The quantitative estimate of drug-likeness (QED) is 0.893. The van der Waals surface area contributed by atoms with E-state index in [0.717, 1.165) is 44.2 Å². The smallest absolute Gasteiger partial charge is 0.137 e. The Morgan fingerprint density at radius 2 is 1.88 bits per heavy atom. The summed E-state index contributed by atoms with van der Waals surface area (Å²) in [5.74, 6) is 1.44. The van der Waals surface area contributed by atoms with Gasteiger partial charge in [-0.15, -0.1) is 0 Å². The van der Waals surface area contributed by atoms with Gasteiger partial charge in [0.2, 0.25) is 0 Å². The summed E-state index contributed by atoms with van der Waals surface area (Å²) in [6, 6.07) is 11.9. The predicted molar refractivity (Wildman–Crippen MR) is 103 cm³/mol. The van der Waals surface area contributed by atoms with Crippen molar-refractivity contribution in [2.75, 3.05) is 31.2 Å². The van der Waals surface area contributed by atoms with Gasteiger partial charge in [0.15, 0.2) is 0 Å². The number of anilines is 1. The maximum atomic E-state index is 5.76. The van der Waals surface area contributed by atoms with Crippen molar-refractivity contribution >= 4 is 5.69 Å². The standard InChI is InChI=1S/C21H29N3O2/c1-15-3-5-19(6-4-15)24-9-7-18(8-10-24)22-21-14-25-13-17(21)12-20-11-16(2)23-26-20/h3-6,11,17-18,21-22H,7-10,12-14H2,1-2H3/t17-,21+/m1/s1. The average molecular weight is 355 g/mol. The van der Waals surface area contributed by atoms with E-state index in [1.165, 1.54) is 24.1 Å². The van der Waals surface area contributed by atoms with Gasteiger partial charge in [0, 0.05) is 49.3 Å². The Hall–Kier alpha value is -1.85. The number of aryl methyl sites for hydroxylation is 2. The van der Waals surface area contributed by atoms with Crippen LogP contribution < -0.4 is 10.2 Å². The van der Waals surface area contributed by atoms with E-state index in [9.17, 15) is 0 Å². The SMILES string of the molecule is Cc1ccc(N2CCC(N[C@H]3COC[C@H]3Cc3cc(C)no3)CC2)cc1. The number of hydrogen-bond acceptors (Lipinski definition) is 5. The Morgan fingerprint density at radius 1 is 1.12 bits per heavy atom. The maximum absolute atomic E-state index is 5.76. The second-order valence-electron chi connectivity index (χ2n) is 7.81. The zero-order valence-corrected chi connectivity index (χ0v) is 15.8. The summed E-state index contributed by atoms with van der Waals surface area (Å²) < 4.78 is 11.2. The molecular weight excluding hydrogens is 326 g/mol. The molecule has 0 saturated carbocycles. The molecule has 0 amide bonds. The van der Waals surface area contributed by atoms with E-state index in [1.807, 2.05) is 13.0 Å². The molecule has 0 unspecified atom stereocenters. The highest BCUT2D eigenvalue weighted by molar-refractivity contribution is 5.47. The monoisotopic (exact) mass is 355 g/mol. The largest absolute Gasteiger partial charge is 0.379 e. The molecule has 4 rings (SSSR count). The fourth-order valence-corrected chi connectivity index (χ4v) is 4.12. The summed E-state index contributed by atoms with van der Waals surface area (Å²) in [5.41, 5.74) is 3.61. The van der Waals surface area contributed by atoms with E-state index >= 15 is 0 Å². The van der Waals surface area contributed by atoms with E-state index in [2.05, 4.69) is 46.6 Å². The first-order valence-corrected chi connectivity index (χ1v) is 9.75. The van der Waals surface area contributed by atoms with Crippen LogP contribution in [-0.2, 0) is 11.2 Å². The predicted octanol–water partition coefficient (Wildman–Crippen LogP) is 3.11. The highest BCUT2D eigenvalue weighted by Crippen LogP contribution is 2.24. The topological polar surface area (TPSA) is 50.5 Å². The summed E-state index contributed by atoms with van der Waals surface area (Å²) in [6.45, 7) is 7.94. The molecule has 1 aromatic carbocycles. The minimum absolute atomic E-state index is 0.413. The Bertz CT molecular complexity index is 704. The Labute approximate surface area is 155 Å². The van der Waals surface area contributed by atoms with Crippen LogP contribution >= 0.6 is 0 Å². The van der Waals surface area contributed by atoms with E-state index in [1.54, 1.807) is 0 Å². The van der Waals surface area contributed by atoms with E-state index in [0.29, 0.717) is 18.0 Å². The number of piperidine rings is 1. The number of nitrogens with one attached hydrogen (secondary N) is 1. The van der Waals surface area contributed by atoms with Crippen molar-refractivity contribution in [2.24, 2.45) is 5.92 Å². The van der Waals surface area contributed by atoms with Crippen molar-refractivity contribution < 1.29 is 9.26 Å². The summed E-state index contributed by atoms with van der Waals surface area (Å²) in [5, 5.41) is 7.86. The molecule has 0 aliphatic carbocycles. The molecule has 2 atom stereocenters. The molecule has 2 aromatic rings. The lowest BCUT2D eigenvalue weighted by molar-refractivity contribution is 0.180. The number of benzene rings is 1. The van der Waals surface area contributed by atoms with E-state index < -0.39 is 0 Å². The Morgan fingerprint density at radius 3 is 2.58 bits per heavy atom. The van der Waals surface area contributed by atoms with Crippen molar-refractivity contribution in [1.29, 1.82) is 0 Å². The lowest BCUT2D eigenvalue weighted by atomic mass is 9.95. The van der Waals surface area contributed by atoms with E-state index in [-0.39, 0.29) is 0 Å². The zero-order chi connectivity index (χ0) is 17.9. The molecule has 140 valence electrons. The van der Waals surface area contributed by atoms with Gasteiger partial charge in [-0.2, -0.15) is 0 Å². The van der Waals surface area contributed by atoms with Crippen molar-refractivity contribution in [3.63, 3.8) is 0 Å². The van der Waals surface area contributed by atoms with Gasteiger partial charge >= 0.3 is 0 Å². The molecule has 2 fully saturated rings. The summed E-state index contributed by atoms with van der Waals surface area (Å²) in [6.07, 6.45) is 3.26. The molecule has 5 heteroatoms. The van der Waals surface area contributed by atoms with Crippen molar-refractivity contribution in [3.05, 3.63) is 47.3 Å². The van der Waals surface area contributed by atoms with E-state index in [4.69, 9.17) is 9.26 Å². The number of nitrogens with zero attached hydrogens (tertiary/aromatic N) is 2. The molecule has 1 N–H and O–H groups in total. The highest BCUT2D eigenvalue weighted by Gasteiger charge is 2.32. The molecule has 0 radical (unpaired) electrons. The molecule has 2 aliphatic heterocycles. The van der Waals surface area contributed by atoms with Gasteiger partial charge in [0.1, 0.15) is 5.76 Å². The van der Waals surface area contributed by atoms with Gasteiger partial charge in [0.05, 0.1) is 18.9 Å². The van der Waals surface area contributed by atoms with Gasteiger partial charge in [-0.1, -0.05) is 22.9 Å². The Kier molecular flexibility index (Phi) is 5.27. The number of aromatic nitrogens is 1. The second-order valence-corrected chi connectivity index (χ2v) is 7.81. The first-order chi connectivity index (χ1) is 12.7. The zero-order valence-electron chi connectivity index (χ0n) is 15.8. The number of ether oxygens (including phenoxy) is 1. The van der Waals surface area contributed by atoms with Crippen molar-refractivity contribution in [2.45, 2.75) is 45.2 Å². The van der Waals surface area contributed by atoms with Crippen LogP contribution in [0.4, 0.5) is 5.69 Å². The molecule has 5 nitrogen and oxygen atoms in total. The fraction of sp³-hybridized carbons (Fsp3) is 0.571. The van der Waals surface area contributed by atoms with Gasteiger partial charge in [-0.05, 0) is 38.8 Å². The highest BCUT2D eigenvalue weighted by atomic mass is 16.5. The lowest BCUT2D eigenvalue weighted by Crippen LogP contribution is -2.48. The van der Waals surface area contributed by atoms with Gasteiger partial charge < -0.3 is 19.5 Å². The van der Waals surface area contributed by atoms with Crippen LogP contribution in [0.15, 0.2) is 34.9 Å². The second kappa shape index (κ2) is 7.80. The van der Waals surface area contributed by atoms with Crippen molar-refractivity contribution in [3.8, 4) is 0 Å². The van der Waals surface area contributed by atoms with Gasteiger partial charge in [-0.25, -0.2) is 0 Å². The van der Waals surface area contributed by atoms with Crippen LogP contribution in [0, 0.1) is 19.8 Å². The minimum atomic E-state index is 0.413. The first-order valence-electron chi connectivity index (χ1n) is 9.75. The molecule has 26 heavy (non-hydrogen) atoms. The molecule has 0 bridgehead atoms. The van der Waals surface area contributed by atoms with Crippen LogP contribution in [0.3, 0.4) is 0 Å². The normalized spacial score (nSPS) is 24.3. The molecular formula is C21H29N3O2. The third kappa shape index (κ3) is 4.10. The average Bonchev–Trinajstić information content (AvgIpc) is 3.26. The molecule has 2 aliphatic rings. The third-order valence-corrected chi connectivity index (χ3v) is 5.68. The van der Waals surface area contributed by atoms with Gasteiger partial charge in [-0.3, -0.25) is 0 Å². The van der Waals surface area contributed by atoms with Gasteiger partial charge in [0.25, 0.3) is 0 Å². The third-order valence-electron chi connectivity index (χ3n) is 5.68. The van der Waals surface area contributed by atoms with Crippen LogP contribution in [0.5, 0.6) is 0 Å². The van der Waals surface area contributed by atoms with Crippen LogP contribution in [0.25, 0.3) is 0 Å². The van der Waals surface area contributed by atoms with Crippen LogP contribution in [-0.4, -0.2) is 43.5 Å². The van der Waals surface area contributed by atoms with Crippen LogP contribution in [0.1, 0.15) is 29.9 Å². The molecule has 3 heterocycles. The summed E-state index contributed by atoms with van der Waals surface area (Å²) >= 11 is 0. The first kappa shape index (κ1) is 17.6. The summed E-state index contributed by atoms with van der Waals surface area (Å²) in [7, 11) is 0. The van der Waals surface area contributed by atoms with Crippen LogP contribution in [0.2, 0.25) is 0 Å². The molecule has 2 saturated heterocycles. The maximum Gasteiger partial charge on any atom is 0.137 e. The molecule has 1 aromatic heterocycles. The minimum Gasteiger partial charge on any atom is -0.379 e. The number of rotatable bonds is 5. The number of hydrogen-bond donors (Lipinski definition) is 1. The molecule has 0 spiro atoms. The Balaban J connectivity index is 1.28.